The number of primary amides is 1. The molecule has 3 aliphatic rings. The Labute approximate surface area is 159 Å². The van der Waals surface area contributed by atoms with Gasteiger partial charge < -0.3 is 20.5 Å². The molecule has 1 spiro atoms. The topological polar surface area (TPSA) is 93.9 Å². The first-order valence-corrected chi connectivity index (χ1v) is 9.90. The summed E-state index contributed by atoms with van der Waals surface area (Å²) in [7, 11) is 0. The normalized spacial score (nSPS) is 23.9. The third-order valence-corrected chi connectivity index (χ3v) is 5.72. The Morgan fingerprint density at radius 3 is 2.67 bits per heavy atom. The number of rotatable bonds is 4. The Hall–Kier alpha value is -2.28. The molecule has 1 aromatic rings. The Balaban J connectivity index is 1.38. The van der Waals surface area contributed by atoms with Crippen LogP contribution in [0.2, 0.25) is 0 Å². The fourth-order valence-electron chi connectivity index (χ4n) is 4.35. The molecule has 1 saturated heterocycles. The lowest BCUT2D eigenvalue weighted by molar-refractivity contribution is -0.126. The number of amides is 2. The zero-order valence-corrected chi connectivity index (χ0v) is 15.5. The lowest BCUT2D eigenvalue weighted by Crippen LogP contribution is -2.50. The zero-order valence-electron chi connectivity index (χ0n) is 15.5. The van der Waals surface area contributed by atoms with Gasteiger partial charge in [0.2, 0.25) is 11.8 Å². The Bertz CT molecular complexity index is 730. The number of nitrogens with zero attached hydrogens (tertiary/aromatic N) is 1. The molecule has 146 valence electrons. The van der Waals surface area contributed by atoms with E-state index in [0.717, 1.165) is 44.3 Å². The van der Waals surface area contributed by atoms with Gasteiger partial charge in [0.25, 0.3) is 5.79 Å². The molecular weight excluding hydrogens is 346 g/mol. The van der Waals surface area contributed by atoms with Crippen molar-refractivity contribution in [2.45, 2.75) is 63.2 Å². The van der Waals surface area contributed by atoms with E-state index in [4.69, 9.17) is 15.2 Å². The predicted molar refractivity (Wildman–Crippen MR) is 101 cm³/mol. The van der Waals surface area contributed by atoms with Crippen LogP contribution in [0, 0.1) is 0 Å². The van der Waals surface area contributed by atoms with Gasteiger partial charge in [0.15, 0.2) is 11.5 Å². The second-order valence-corrected chi connectivity index (χ2v) is 7.77. The number of fused-ring (bicyclic) bond motifs is 1. The van der Waals surface area contributed by atoms with Crippen molar-refractivity contribution in [3.63, 3.8) is 0 Å². The van der Waals surface area contributed by atoms with Crippen molar-refractivity contribution < 1.29 is 19.1 Å². The van der Waals surface area contributed by atoms with Crippen LogP contribution in [0.1, 0.15) is 51.4 Å². The average molecular weight is 373 g/mol. The Kier molecular flexibility index (Phi) is 4.95. The molecule has 1 aromatic carbocycles. The van der Waals surface area contributed by atoms with Crippen molar-refractivity contribution in [2.75, 3.05) is 18.4 Å². The van der Waals surface area contributed by atoms with Gasteiger partial charge >= 0.3 is 0 Å². The van der Waals surface area contributed by atoms with Gasteiger partial charge in [-0.3, -0.25) is 14.5 Å². The summed E-state index contributed by atoms with van der Waals surface area (Å²) in [5.41, 5.74) is 6.14. The summed E-state index contributed by atoms with van der Waals surface area (Å²) >= 11 is 0. The molecule has 2 fully saturated rings. The minimum atomic E-state index is -0.522. The molecule has 27 heavy (non-hydrogen) atoms. The Morgan fingerprint density at radius 1 is 1.11 bits per heavy atom. The average Bonchev–Trinajstić information content (AvgIpc) is 2.99. The van der Waals surface area contributed by atoms with Crippen molar-refractivity contribution in [3.05, 3.63) is 18.2 Å². The summed E-state index contributed by atoms with van der Waals surface area (Å²) in [4.78, 5) is 25.9. The van der Waals surface area contributed by atoms with Crippen molar-refractivity contribution in [1.82, 2.24) is 4.90 Å². The third kappa shape index (κ3) is 3.88. The number of benzene rings is 1. The van der Waals surface area contributed by atoms with Gasteiger partial charge in [0.1, 0.15) is 0 Å². The minimum Gasteiger partial charge on any atom is -0.448 e. The third-order valence-electron chi connectivity index (χ3n) is 5.72. The van der Waals surface area contributed by atoms with Gasteiger partial charge in [-0.05, 0) is 44.4 Å². The standard InChI is InChI=1S/C20H27N3O4/c21-19(25)15-6-2-5-11-23(15)13-18(24)22-14-7-8-16-17(12-14)27-20(26-16)9-3-1-4-10-20/h7-8,12,15H,1-6,9-11,13H2,(H2,21,25)(H,22,24)/t15-/m1/s1. The molecule has 0 radical (unpaired) electrons. The van der Waals surface area contributed by atoms with Gasteiger partial charge in [0.05, 0.1) is 12.6 Å². The monoisotopic (exact) mass is 373 g/mol. The van der Waals surface area contributed by atoms with E-state index < -0.39 is 5.79 Å². The molecule has 2 amide bonds. The van der Waals surface area contributed by atoms with Crippen LogP contribution in [-0.4, -0.2) is 41.6 Å². The number of hydrogen-bond acceptors (Lipinski definition) is 5. The van der Waals surface area contributed by atoms with E-state index in [9.17, 15) is 9.59 Å². The van der Waals surface area contributed by atoms with Crippen LogP contribution in [0.15, 0.2) is 18.2 Å². The fraction of sp³-hybridized carbons (Fsp3) is 0.600. The predicted octanol–water partition coefficient (Wildman–Crippen LogP) is 2.40. The van der Waals surface area contributed by atoms with Crippen LogP contribution in [0.5, 0.6) is 11.5 Å². The van der Waals surface area contributed by atoms with Crippen molar-refractivity contribution in [3.8, 4) is 11.5 Å². The maximum absolute atomic E-state index is 12.5. The van der Waals surface area contributed by atoms with Crippen molar-refractivity contribution in [2.24, 2.45) is 5.73 Å². The molecule has 2 aliphatic heterocycles. The maximum atomic E-state index is 12.5. The number of piperidine rings is 1. The first kappa shape index (κ1) is 18.1. The zero-order chi connectivity index (χ0) is 18.9. The molecule has 0 bridgehead atoms. The van der Waals surface area contributed by atoms with Gasteiger partial charge in [-0.25, -0.2) is 0 Å². The van der Waals surface area contributed by atoms with E-state index in [0.29, 0.717) is 24.4 Å². The highest BCUT2D eigenvalue weighted by molar-refractivity contribution is 5.93. The molecule has 7 nitrogen and oxygen atoms in total. The van der Waals surface area contributed by atoms with E-state index in [-0.39, 0.29) is 24.4 Å². The molecule has 0 aromatic heterocycles. The lowest BCUT2D eigenvalue weighted by Gasteiger charge is -2.32. The number of nitrogens with one attached hydrogen (secondary N) is 1. The van der Waals surface area contributed by atoms with Crippen LogP contribution >= 0.6 is 0 Å². The highest BCUT2D eigenvalue weighted by Crippen LogP contribution is 2.46. The van der Waals surface area contributed by atoms with E-state index in [1.807, 2.05) is 23.1 Å². The first-order valence-electron chi connectivity index (χ1n) is 9.90. The van der Waals surface area contributed by atoms with E-state index >= 15 is 0 Å². The summed E-state index contributed by atoms with van der Waals surface area (Å²) in [6.07, 6.45) is 7.88. The van der Waals surface area contributed by atoms with E-state index in [1.54, 1.807) is 0 Å². The number of carbonyl (C=O) groups excluding carboxylic acids is 2. The minimum absolute atomic E-state index is 0.158. The highest BCUT2D eigenvalue weighted by atomic mass is 16.7. The second kappa shape index (κ2) is 7.38. The van der Waals surface area contributed by atoms with Gasteiger partial charge in [-0.2, -0.15) is 0 Å². The number of nitrogens with two attached hydrogens (primary N) is 1. The molecule has 1 aliphatic carbocycles. The van der Waals surface area contributed by atoms with Crippen LogP contribution in [0.3, 0.4) is 0 Å². The van der Waals surface area contributed by atoms with E-state index in [1.165, 1.54) is 6.42 Å². The molecule has 7 heteroatoms. The highest BCUT2D eigenvalue weighted by Gasteiger charge is 2.42. The number of carbonyl (C=O) groups is 2. The summed E-state index contributed by atoms with van der Waals surface area (Å²) in [6.45, 7) is 0.872. The summed E-state index contributed by atoms with van der Waals surface area (Å²) in [5, 5.41) is 2.90. The number of hydrogen-bond donors (Lipinski definition) is 2. The smallest absolute Gasteiger partial charge is 0.251 e. The SMILES string of the molecule is NC(=O)[C@H]1CCCCN1CC(=O)Nc1ccc2c(c1)OC1(CCCCC1)O2. The number of likely N-dealkylation sites (tertiary alicyclic amines) is 1. The first-order chi connectivity index (χ1) is 13.0. The summed E-state index contributed by atoms with van der Waals surface area (Å²) < 4.78 is 12.2. The number of ether oxygens (including phenoxy) is 2. The van der Waals surface area contributed by atoms with Gasteiger partial charge in [0, 0.05) is 24.6 Å². The van der Waals surface area contributed by atoms with Crippen molar-refractivity contribution >= 4 is 17.5 Å². The molecule has 2 heterocycles. The van der Waals surface area contributed by atoms with E-state index in [2.05, 4.69) is 5.32 Å². The number of anilines is 1. The van der Waals surface area contributed by atoms with Crippen molar-refractivity contribution in [1.29, 1.82) is 0 Å². The quantitative estimate of drug-likeness (QED) is 0.845. The van der Waals surface area contributed by atoms with Gasteiger partial charge in [-0.15, -0.1) is 0 Å². The molecule has 0 unspecified atom stereocenters. The molecule has 3 N–H and O–H groups in total. The van der Waals surface area contributed by atoms with Crippen LogP contribution < -0.4 is 20.5 Å². The summed E-state index contributed by atoms with van der Waals surface area (Å²) in [6, 6.07) is 5.14. The van der Waals surface area contributed by atoms with Crippen LogP contribution in [0.25, 0.3) is 0 Å². The Morgan fingerprint density at radius 2 is 1.89 bits per heavy atom. The van der Waals surface area contributed by atoms with Crippen LogP contribution in [-0.2, 0) is 9.59 Å². The summed E-state index contributed by atoms with van der Waals surface area (Å²) in [5.74, 6) is 0.381. The fourth-order valence-corrected chi connectivity index (χ4v) is 4.35. The molecular formula is C20H27N3O4. The second-order valence-electron chi connectivity index (χ2n) is 7.77. The molecule has 4 rings (SSSR count). The molecule has 1 saturated carbocycles. The maximum Gasteiger partial charge on any atom is 0.251 e. The van der Waals surface area contributed by atoms with Crippen LogP contribution in [0.4, 0.5) is 5.69 Å². The lowest BCUT2D eigenvalue weighted by atomic mass is 9.94. The van der Waals surface area contributed by atoms with Gasteiger partial charge in [-0.1, -0.05) is 12.8 Å². The molecule has 1 atom stereocenters. The largest absolute Gasteiger partial charge is 0.448 e.